The Balaban J connectivity index is 1.42. The molecule has 2 aliphatic heterocycles. The Kier molecular flexibility index (Phi) is 7.22. The molecule has 0 radical (unpaired) electrons. The average molecular weight is 638 g/mol. The van der Waals surface area contributed by atoms with Gasteiger partial charge in [-0.05, 0) is 61.1 Å². The highest BCUT2D eigenvalue weighted by atomic mass is 19.1. The first-order valence-electron chi connectivity index (χ1n) is 15.6. The van der Waals surface area contributed by atoms with Crippen LogP contribution in [-0.2, 0) is 29.4 Å². The first-order valence-corrected chi connectivity index (χ1v) is 15.6. The smallest absolute Gasteiger partial charge is 0.305 e. The topological polar surface area (TPSA) is 144 Å². The molecule has 6 atom stereocenters. The van der Waals surface area contributed by atoms with Crippen molar-refractivity contribution in [3.63, 3.8) is 0 Å². The molecule has 11 heteroatoms. The summed E-state index contributed by atoms with van der Waals surface area (Å²) in [4.78, 5) is 69.2. The number of phenols is 1. The van der Waals surface area contributed by atoms with Gasteiger partial charge >= 0.3 is 5.97 Å². The molecule has 3 N–H and O–H groups in total. The van der Waals surface area contributed by atoms with E-state index in [9.17, 15) is 34.2 Å². The molecule has 3 aromatic rings. The third-order valence-electron chi connectivity index (χ3n) is 10.3. The summed E-state index contributed by atoms with van der Waals surface area (Å²) >= 11 is 0. The maximum Gasteiger partial charge on any atom is 0.305 e. The number of allylic oxidation sites excluding steroid dienone is 2. The minimum Gasteiger partial charge on any atom is -0.505 e. The summed E-state index contributed by atoms with van der Waals surface area (Å²) in [5, 5.41) is 20.4. The number of hydrogen-bond donors (Lipinski definition) is 3. The SMILES string of the molecule is Cc1ccc(NN2C(=O)C3CC4C(=CCC5C(=O)N(CCC(=O)O)C(=O)C54)C(c4ccc(O)c(F)c4)C3(c3ccccc3)C2=O)cc1. The summed E-state index contributed by atoms with van der Waals surface area (Å²) in [6.45, 7) is 1.65. The fourth-order valence-corrected chi connectivity index (χ4v) is 8.32. The highest BCUT2D eigenvalue weighted by Gasteiger charge is 2.70. The number of aliphatic carboxylic acids is 1. The van der Waals surface area contributed by atoms with Gasteiger partial charge in [-0.25, -0.2) is 4.39 Å². The van der Waals surface area contributed by atoms with Crippen LogP contribution in [-0.4, -0.2) is 56.3 Å². The summed E-state index contributed by atoms with van der Waals surface area (Å²) < 4.78 is 15.1. The number of benzene rings is 3. The number of carbonyl (C=O) groups excluding carboxylic acids is 4. The van der Waals surface area contributed by atoms with Gasteiger partial charge < -0.3 is 10.2 Å². The Morgan fingerprint density at radius 1 is 0.957 bits per heavy atom. The van der Waals surface area contributed by atoms with Gasteiger partial charge in [-0.3, -0.25) is 34.3 Å². The van der Waals surface area contributed by atoms with Gasteiger partial charge in [0.15, 0.2) is 11.6 Å². The lowest BCUT2D eigenvalue weighted by Crippen LogP contribution is -2.53. The van der Waals surface area contributed by atoms with Crippen molar-refractivity contribution >= 4 is 35.3 Å². The van der Waals surface area contributed by atoms with Gasteiger partial charge in [-0.1, -0.05) is 65.7 Å². The van der Waals surface area contributed by atoms with E-state index in [4.69, 9.17) is 0 Å². The number of hydrogen-bond acceptors (Lipinski definition) is 7. The quantitative estimate of drug-likeness (QED) is 0.257. The van der Waals surface area contributed by atoms with Gasteiger partial charge in [0.2, 0.25) is 11.8 Å². The van der Waals surface area contributed by atoms with Gasteiger partial charge in [0.25, 0.3) is 11.8 Å². The molecule has 2 heterocycles. The predicted molar refractivity (Wildman–Crippen MR) is 166 cm³/mol. The third-order valence-corrected chi connectivity index (χ3v) is 10.3. The molecule has 3 fully saturated rings. The lowest BCUT2D eigenvalue weighted by atomic mass is 9.49. The lowest BCUT2D eigenvalue weighted by Gasteiger charge is -2.50. The molecule has 3 aromatic carbocycles. The molecular weight excluding hydrogens is 605 g/mol. The second-order valence-electron chi connectivity index (χ2n) is 12.8. The molecule has 4 aliphatic rings. The number of aromatic hydroxyl groups is 1. The number of anilines is 1. The van der Waals surface area contributed by atoms with E-state index < -0.39 is 82.6 Å². The monoisotopic (exact) mass is 637 g/mol. The minimum atomic E-state index is -1.57. The second-order valence-corrected chi connectivity index (χ2v) is 12.8. The molecule has 4 amide bonds. The zero-order valence-corrected chi connectivity index (χ0v) is 25.4. The van der Waals surface area contributed by atoms with Crippen molar-refractivity contribution < 1.29 is 38.6 Å². The van der Waals surface area contributed by atoms with Crippen molar-refractivity contribution in [2.45, 2.75) is 37.5 Å². The van der Waals surface area contributed by atoms with Crippen LogP contribution in [0.1, 0.15) is 41.9 Å². The Morgan fingerprint density at radius 2 is 1.68 bits per heavy atom. The maximum absolute atomic E-state index is 15.1. The van der Waals surface area contributed by atoms with Crippen molar-refractivity contribution in [3.05, 3.63) is 107 Å². The molecule has 7 rings (SSSR count). The summed E-state index contributed by atoms with van der Waals surface area (Å²) in [6.07, 6.45) is 1.65. The number of carboxylic acid groups (broad SMARTS) is 1. The van der Waals surface area contributed by atoms with Crippen LogP contribution in [0.2, 0.25) is 0 Å². The van der Waals surface area contributed by atoms with E-state index in [1.54, 1.807) is 42.5 Å². The van der Waals surface area contributed by atoms with Crippen molar-refractivity contribution in [3.8, 4) is 5.75 Å². The van der Waals surface area contributed by atoms with Gasteiger partial charge in [0.05, 0.1) is 35.3 Å². The van der Waals surface area contributed by atoms with Crippen molar-refractivity contribution in [2.75, 3.05) is 12.0 Å². The number of imide groups is 2. The molecule has 10 nitrogen and oxygen atoms in total. The molecule has 240 valence electrons. The maximum atomic E-state index is 15.1. The van der Waals surface area contributed by atoms with Gasteiger partial charge in [-0.2, -0.15) is 5.01 Å². The fraction of sp³-hybridized carbons (Fsp3) is 0.306. The molecule has 0 spiro atoms. The Bertz CT molecular complexity index is 1860. The van der Waals surface area contributed by atoms with E-state index >= 15 is 4.39 Å². The predicted octanol–water partition coefficient (Wildman–Crippen LogP) is 4.30. The molecule has 0 aromatic heterocycles. The van der Waals surface area contributed by atoms with Crippen molar-refractivity contribution in [1.82, 2.24) is 9.91 Å². The summed E-state index contributed by atoms with van der Waals surface area (Å²) in [5.41, 5.74) is 4.44. The minimum absolute atomic E-state index is 0.0569. The highest BCUT2D eigenvalue weighted by molar-refractivity contribution is 6.13. The summed E-state index contributed by atoms with van der Waals surface area (Å²) in [5.74, 6) is -8.92. The van der Waals surface area contributed by atoms with Gasteiger partial charge in [0.1, 0.15) is 0 Å². The number of nitrogens with one attached hydrogen (secondary N) is 1. The third kappa shape index (κ3) is 4.55. The number of carbonyl (C=O) groups is 5. The second kappa shape index (κ2) is 11.2. The van der Waals surface area contributed by atoms with E-state index in [0.29, 0.717) is 22.4 Å². The zero-order chi connectivity index (χ0) is 33.2. The van der Waals surface area contributed by atoms with Crippen LogP contribution in [0.3, 0.4) is 0 Å². The normalized spacial score (nSPS) is 28.1. The van der Waals surface area contributed by atoms with Crippen LogP contribution in [0.4, 0.5) is 10.1 Å². The summed E-state index contributed by atoms with van der Waals surface area (Å²) in [7, 11) is 0. The number of nitrogens with zero attached hydrogens (tertiary/aromatic N) is 2. The Labute approximate surface area is 269 Å². The van der Waals surface area contributed by atoms with E-state index in [1.165, 1.54) is 12.1 Å². The van der Waals surface area contributed by atoms with Crippen LogP contribution in [0.25, 0.3) is 0 Å². The molecule has 2 aliphatic carbocycles. The zero-order valence-electron chi connectivity index (χ0n) is 25.4. The number of carboxylic acids is 1. The number of phenolic OH excluding ortho intramolecular Hbond substituents is 1. The van der Waals surface area contributed by atoms with Crippen LogP contribution in [0, 0.1) is 36.4 Å². The van der Waals surface area contributed by atoms with Crippen LogP contribution in [0.5, 0.6) is 5.75 Å². The average Bonchev–Trinajstić information content (AvgIpc) is 3.43. The number of likely N-dealkylation sites (tertiary alicyclic amines) is 1. The van der Waals surface area contributed by atoms with Crippen LogP contribution in [0.15, 0.2) is 84.4 Å². The molecule has 2 saturated heterocycles. The Morgan fingerprint density at radius 3 is 2.36 bits per heavy atom. The van der Waals surface area contributed by atoms with E-state index in [1.807, 2.05) is 25.1 Å². The lowest BCUT2D eigenvalue weighted by molar-refractivity contribution is -0.143. The number of aryl methyl sites for hydroxylation is 1. The van der Waals surface area contributed by atoms with E-state index in [-0.39, 0.29) is 19.4 Å². The van der Waals surface area contributed by atoms with Gasteiger partial charge in [-0.15, -0.1) is 0 Å². The highest BCUT2D eigenvalue weighted by Crippen LogP contribution is 2.64. The molecule has 0 bridgehead atoms. The number of halogens is 1. The molecular formula is C36H32FN3O7. The number of amides is 4. The number of hydrazine groups is 1. The van der Waals surface area contributed by atoms with Crippen LogP contribution >= 0.6 is 0 Å². The first-order chi connectivity index (χ1) is 22.5. The fourth-order valence-electron chi connectivity index (χ4n) is 8.32. The summed E-state index contributed by atoms with van der Waals surface area (Å²) in [6, 6.07) is 19.9. The number of rotatable bonds is 7. The standard InChI is InChI=1S/C36H32FN3O7/c1-19-7-10-22(11-8-19)38-40-33(45)26-18-25-23(12-13-24-30(25)34(46)39(32(24)44)16-15-29(42)43)31(20-9-14-28(41)27(37)17-20)36(26,35(40)47)21-5-3-2-4-6-21/h2-12,14,17,24-26,30-31,38,41H,13,15-16,18H2,1H3,(H,42,43). The van der Waals surface area contributed by atoms with Crippen molar-refractivity contribution in [1.29, 1.82) is 0 Å². The van der Waals surface area contributed by atoms with E-state index in [2.05, 4.69) is 5.43 Å². The Hall–Kier alpha value is -5.32. The van der Waals surface area contributed by atoms with E-state index in [0.717, 1.165) is 21.5 Å². The first kappa shape index (κ1) is 30.3. The van der Waals surface area contributed by atoms with Crippen molar-refractivity contribution in [2.24, 2.45) is 23.7 Å². The molecule has 1 saturated carbocycles. The largest absolute Gasteiger partial charge is 0.505 e. The number of fused-ring (bicyclic) bond motifs is 4. The molecule has 47 heavy (non-hydrogen) atoms. The van der Waals surface area contributed by atoms with Gasteiger partial charge in [0, 0.05) is 12.5 Å². The van der Waals surface area contributed by atoms with Crippen LogP contribution < -0.4 is 5.43 Å². The molecule has 6 unspecified atom stereocenters.